The van der Waals surface area contributed by atoms with E-state index in [1.807, 2.05) is 35.7 Å². The number of hydrogen-bond acceptors (Lipinski definition) is 6. The fourth-order valence-corrected chi connectivity index (χ4v) is 3.55. The van der Waals surface area contributed by atoms with E-state index in [-0.39, 0.29) is 18.0 Å². The Hall–Kier alpha value is -2.74. The van der Waals surface area contributed by atoms with Gasteiger partial charge in [0.1, 0.15) is 11.8 Å². The first-order valence-electron chi connectivity index (χ1n) is 8.09. The molecule has 25 heavy (non-hydrogen) atoms. The molecule has 2 aliphatic rings. The van der Waals surface area contributed by atoms with Gasteiger partial charge in [0, 0.05) is 17.7 Å². The summed E-state index contributed by atoms with van der Waals surface area (Å²) >= 11 is 1.41. The summed E-state index contributed by atoms with van der Waals surface area (Å²) in [6.07, 6.45) is 2.50. The van der Waals surface area contributed by atoms with E-state index in [4.69, 9.17) is 5.73 Å². The third-order valence-corrected chi connectivity index (χ3v) is 5.04. The van der Waals surface area contributed by atoms with Crippen LogP contribution in [-0.4, -0.2) is 28.6 Å². The number of aromatic nitrogens is 1. The topological polar surface area (TPSA) is 101 Å². The molecule has 1 aromatic heterocycles. The normalized spacial score (nSPS) is 19.6. The number of para-hydroxylation sites is 1. The zero-order valence-electron chi connectivity index (χ0n) is 13.4. The van der Waals surface area contributed by atoms with Crippen molar-refractivity contribution in [2.24, 2.45) is 10.8 Å². The van der Waals surface area contributed by atoms with Crippen molar-refractivity contribution in [3.8, 4) is 0 Å². The average molecular weight is 355 g/mol. The van der Waals surface area contributed by atoms with Gasteiger partial charge in [-0.3, -0.25) is 19.9 Å². The van der Waals surface area contributed by atoms with Gasteiger partial charge in [0.25, 0.3) is 5.91 Å². The molecule has 1 aromatic carbocycles. The maximum atomic E-state index is 12.5. The van der Waals surface area contributed by atoms with Crippen LogP contribution < -0.4 is 16.1 Å². The largest absolute Gasteiger partial charge is 0.368 e. The van der Waals surface area contributed by atoms with Crippen LogP contribution in [0.2, 0.25) is 0 Å². The van der Waals surface area contributed by atoms with Crippen molar-refractivity contribution in [3.05, 3.63) is 41.4 Å². The lowest BCUT2D eigenvalue weighted by molar-refractivity contribution is -0.119. The van der Waals surface area contributed by atoms with Crippen molar-refractivity contribution < 1.29 is 9.59 Å². The van der Waals surface area contributed by atoms with E-state index >= 15 is 0 Å². The van der Waals surface area contributed by atoms with E-state index < -0.39 is 11.9 Å². The number of nitrogens with one attached hydrogen (secondary N) is 1. The summed E-state index contributed by atoms with van der Waals surface area (Å²) < 4.78 is 0. The van der Waals surface area contributed by atoms with Crippen LogP contribution in [0, 0.1) is 0 Å². The fraction of sp³-hybridized carbons (Fsp3) is 0.294. The number of amides is 2. The molecular formula is C17H17N5O2S. The quantitative estimate of drug-likeness (QED) is 0.857. The van der Waals surface area contributed by atoms with Gasteiger partial charge in [-0.2, -0.15) is 5.10 Å². The molecule has 1 unspecified atom stereocenters. The third-order valence-electron chi connectivity index (χ3n) is 4.26. The number of anilines is 2. The van der Waals surface area contributed by atoms with Gasteiger partial charge in [-0.25, -0.2) is 4.98 Å². The van der Waals surface area contributed by atoms with E-state index in [1.54, 1.807) is 0 Å². The maximum Gasteiger partial charge on any atom is 0.273 e. The minimum absolute atomic E-state index is 0.177. The van der Waals surface area contributed by atoms with Crippen LogP contribution in [0.25, 0.3) is 0 Å². The van der Waals surface area contributed by atoms with E-state index in [1.165, 1.54) is 16.3 Å². The van der Waals surface area contributed by atoms with Gasteiger partial charge in [-0.15, -0.1) is 11.3 Å². The Kier molecular flexibility index (Phi) is 3.96. The smallest absolute Gasteiger partial charge is 0.273 e. The number of hydrazone groups is 1. The first-order valence-corrected chi connectivity index (χ1v) is 8.97. The maximum absolute atomic E-state index is 12.5. The third kappa shape index (κ3) is 3.25. The van der Waals surface area contributed by atoms with Crippen LogP contribution in [0.1, 0.15) is 30.9 Å². The zero-order valence-corrected chi connectivity index (χ0v) is 14.2. The van der Waals surface area contributed by atoms with Crippen LogP contribution in [0.3, 0.4) is 0 Å². The molecule has 4 rings (SSSR count). The SMILES string of the molecule is NC(=O)C1CC(C(=O)Nc2nc(C3CC3)cs2)=NN1c1ccccc1. The van der Waals surface area contributed by atoms with Crippen LogP contribution in [0.5, 0.6) is 0 Å². The highest BCUT2D eigenvalue weighted by Crippen LogP contribution is 2.40. The van der Waals surface area contributed by atoms with Gasteiger partial charge in [0.15, 0.2) is 5.13 Å². The Morgan fingerprint density at radius 2 is 2.00 bits per heavy atom. The average Bonchev–Trinajstić information content (AvgIpc) is 3.19. The van der Waals surface area contributed by atoms with Crippen molar-refractivity contribution >= 4 is 39.7 Å². The molecule has 2 amide bonds. The number of benzene rings is 1. The molecule has 0 saturated heterocycles. The molecule has 8 heteroatoms. The molecule has 1 aliphatic carbocycles. The standard InChI is InChI=1S/C17H17N5O2S/c18-15(23)14-8-12(21-22(14)11-4-2-1-3-5-11)16(24)20-17-19-13(9-25-17)10-6-7-10/h1-5,9-10,14H,6-8H2,(H2,18,23)(H,19,20,24). The minimum Gasteiger partial charge on any atom is -0.368 e. The minimum atomic E-state index is -0.665. The zero-order chi connectivity index (χ0) is 17.4. The summed E-state index contributed by atoms with van der Waals surface area (Å²) in [6, 6.07) is 8.54. The Bertz CT molecular complexity index is 844. The Morgan fingerprint density at radius 3 is 2.68 bits per heavy atom. The van der Waals surface area contributed by atoms with Gasteiger partial charge in [0.05, 0.1) is 11.4 Å². The van der Waals surface area contributed by atoms with Gasteiger partial charge < -0.3 is 5.73 Å². The molecule has 3 N–H and O–H groups in total. The van der Waals surface area contributed by atoms with Crippen molar-refractivity contribution in [1.82, 2.24) is 4.98 Å². The van der Waals surface area contributed by atoms with Crippen LogP contribution in [0.4, 0.5) is 10.8 Å². The summed E-state index contributed by atoms with van der Waals surface area (Å²) in [7, 11) is 0. The van der Waals surface area contributed by atoms with E-state index in [0.717, 1.165) is 24.2 Å². The fourth-order valence-electron chi connectivity index (χ4n) is 2.77. The number of nitrogens with zero attached hydrogens (tertiary/aromatic N) is 3. The molecule has 128 valence electrons. The van der Waals surface area contributed by atoms with E-state index in [2.05, 4.69) is 15.4 Å². The molecule has 2 aromatic rings. The molecule has 0 spiro atoms. The lowest BCUT2D eigenvalue weighted by Gasteiger charge is -2.20. The molecule has 2 heterocycles. The van der Waals surface area contributed by atoms with Gasteiger partial charge in [-0.05, 0) is 25.0 Å². The van der Waals surface area contributed by atoms with Gasteiger partial charge in [0.2, 0.25) is 5.91 Å². The molecular weight excluding hydrogens is 338 g/mol. The Balaban J connectivity index is 1.52. The number of carbonyl (C=O) groups excluding carboxylic acids is 2. The number of rotatable bonds is 5. The van der Waals surface area contributed by atoms with Crippen LogP contribution in [-0.2, 0) is 9.59 Å². The second kappa shape index (κ2) is 6.29. The number of carbonyl (C=O) groups is 2. The molecule has 0 radical (unpaired) electrons. The lowest BCUT2D eigenvalue weighted by atomic mass is 10.1. The number of nitrogens with two attached hydrogens (primary N) is 1. The Morgan fingerprint density at radius 1 is 1.24 bits per heavy atom. The highest BCUT2D eigenvalue weighted by molar-refractivity contribution is 7.14. The predicted molar refractivity (Wildman–Crippen MR) is 96.7 cm³/mol. The Labute approximate surface area is 148 Å². The highest BCUT2D eigenvalue weighted by atomic mass is 32.1. The lowest BCUT2D eigenvalue weighted by Crippen LogP contribution is -2.39. The molecule has 0 bridgehead atoms. The van der Waals surface area contributed by atoms with Crippen molar-refractivity contribution in [2.45, 2.75) is 31.2 Å². The van der Waals surface area contributed by atoms with Crippen molar-refractivity contribution in [1.29, 1.82) is 0 Å². The highest BCUT2D eigenvalue weighted by Gasteiger charge is 2.35. The van der Waals surface area contributed by atoms with E-state index in [0.29, 0.717) is 11.0 Å². The summed E-state index contributed by atoms with van der Waals surface area (Å²) in [6.45, 7) is 0. The summed E-state index contributed by atoms with van der Waals surface area (Å²) in [5.74, 6) is -0.319. The van der Waals surface area contributed by atoms with Gasteiger partial charge >= 0.3 is 0 Å². The first kappa shape index (κ1) is 15.8. The van der Waals surface area contributed by atoms with E-state index in [9.17, 15) is 9.59 Å². The molecule has 1 aliphatic heterocycles. The second-order valence-electron chi connectivity index (χ2n) is 6.16. The molecule has 1 atom stereocenters. The van der Waals surface area contributed by atoms with Crippen molar-refractivity contribution in [2.75, 3.05) is 10.3 Å². The number of thiazole rings is 1. The molecule has 7 nitrogen and oxygen atoms in total. The van der Waals surface area contributed by atoms with Crippen molar-refractivity contribution in [3.63, 3.8) is 0 Å². The monoisotopic (exact) mass is 355 g/mol. The number of hydrogen-bond donors (Lipinski definition) is 2. The molecule has 1 saturated carbocycles. The summed E-state index contributed by atoms with van der Waals surface area (Å²) in [4.78, 5) is 28.7. The van der Waals surface area contributed by atoms with Gasteiger partial charge in [-0.1, -0.05) is 18.2 Å². The van der Waals surface area contributed by atoms with Crippen LogP contribution >= 0.6 is 11.3 Å². The van der Waals surface area contributed by atoms with Crippen LogP contribution in [0.15, 0.2) is 40.8 Å². The predicted octanol–water partition coefficient (Wildman–Crippen LogP) is 2.08. The first-order chi connectivity index (χ1) is 12.1. The summed E-state index contributed by atoms with van der Waals surface area (Å²) in [5, 5.41) is 11.1. The second-order valence-corrected chi connectivity index (χ2v) is 7.01. The summed E-state index contributed by atoms with van der Waals surface area (Å²) in [5.41, 5.74) is 7.52. The molecule has 1 fully saturated rings. The number of primary amides is 1.